The smallest absolute Gasteiger partial charge is 0.203 e. The Morgan fingerprint density at radius 3 is 2.86 bits per heavy atom. The first-order valence-electron chi connectivity index (χ1n) is 4.79. The summed E-state index contributed by atoms with van der Waals surface area (Å²) in [5.41, 5.74) is 0.946. The van der Waals surface area contributed by atoms with E-state index < -0.39 is 0 Å². The van der Waals surface area contributed by atoms with Gasteiger partial charge in [-0.1, -0.05) is 26.0 Å². The number of hydrogen-bond donors (Lipinski definition) is 0. The van der Waals surface area contributed by atoms with Crippen molar-refractivity contribution in [3.63, 3.8) is 0 Å². The van der Waals surface area contributed by atoms with Gasteiger partial charge in [0.2, 0.25) is 6.29 Å². The minimum absolute atomic E-state index is 0.332. The molecule has 1 aromatic rings. The van der Waals surface area contributed by atoms with Crippen LogP contribution in [0.1, 0.15) is 19.4 Å². The highest BCUT2D eigenvalue weighted by atomic mass is 16.5. The Morgan fingerprint density at radius 1 is 1.43 bits per heavy atom. The monoisotopic (exact) mass is 191 g/mol. The van der Waals surface area contributed by atoms with Gasteiger partial charge in [-0.15, -0.1) is 0 Å². The van der Waals surface area contributed by atoms with Crippen LogP contribution < -0.4 is 4.74 Å². The normalized spacial score (nSPS) is 10.2. The van der Waals surface area contributed by atoms with Crippen LogP contribution in [0.5, 0.6) is 5.75 Å². The van der Waals surface area contributed by atoms with Crippen LogP contribution in [0.25, 0.3) is 0 Å². The molecule has 1 rings (SSSR count). The molecule has 0 heterocycles. The average molecular weight is 191 g/mol. The fraction of sp³-hybridized carbons (Fsp3) is 0.417. The van der Waals surface area contributed by atoms with Gasteiger partial charge in [-0.05, 0) is 23.6 Å². The third kappa shape index (κ3) is 3.60. The van der Waals surface area contributed by atoms with Gasteiger partial charge in [-0.3, -0.25) is 4.79 Å². The molecule has 2 heteroatoms. The second-order valence-electron chi connectivity index (χ2n) is 3.67. The molecule has 0 aromatic heterocycles. The molecule has 0 atom stereocenters. The molecule has 1 aromatic carbocycles. The number of carbonyl (C=O) groups excluding carboxylic acids is 1. The SMILES string of the molecule is CC(C)COc1cccc(C[C]=O)c1. The Balaban J connectivity index is 2.58. The summed E-state index contributed by atoms with van der Waals surface area (Å²) in [6.07, 6.45) is 2.20. The Bertz CT molecular complexity index is 292. The van der Waals surface area contributed by atoms with Crippen LogP contribution in [0.15, 0.2) is 24.3 Å². The zero-order chi connectivity index (χ0) is 10.4. The van der Waals surface area contributed by atoms with Crippen LogP contribution in [0.2, 0.25) is 0 Å². The van der Waals surface area contributed by atoms with E-state index in [0.29, 0.717) is 18.9 Å². The minimum atomic E-state index is 0.332. The Kier molecular flexibility index (Phi) is 4.17. The number of hydrogen-bond acceptors (Lipinski definition) is 2. The van der Waals surface area contributed by atoms with E-state index in [2.05, 4.69) is 13.8 Å². The lowest BCUT2D eigenvalue weighted by Crippen LogP contribution is -2.04. The highest BCUT2D eigenvalue weighted by molar-refractivity contribution is 5.56. The maximum atomic E-state index is 10.2. The van der Waals surface area contributed by atoms with Crippen LogP contribution in [0.3, 0.4) is 0 Å². The van der Waals surface area contributed by atoms with Gasteiger partial charge in [0.25, 0.3) is 0 Å². The second kappa shape index (κ2) is 5.43. The van der Waals surface area contributed by atoms with Crippen molar-refractivity contribution in [1.29, 1.82) is 0 Å². The van der Waals surface area contributed by atoms with E-state index in [-0.39, 0.29) is 0 Å². The second-order valence-corrected chi connectivity index (χ2v) is 3.67. The first kappa shape index (κ1) is 10.8. The zero-order valence-electron chi connectivity index (χ0n) is 8.62. The highest BCUT2D eigenvalue weighted by Gasteiger charge is 1.98. The first-order chi connectivity index (χ1) is 6.72. The van der Waals surface area contributed by atoms with Crippen LogP contribution in [-0.2, 0) is 11.2 Å². The number of benzene rings is 1. The lowest BCUT2D eigenvalue weighted by molar-refractivity contribution is 0.271. The molecule has 14 heavy (non-hydrogen) atoms. The van der Waals surface area contributed by atoms with E-state index >= 15 is 0 Å². The summed E-state index contributed by atoms with van der Waals surface area (Å²) in [5, 5.41) is 0. The maximum absolute atomic E-state index is 10.2. The van der Waals surface area contributed by atoms with Gasteiger partial charge in [0, 0.05) is 6.42 Å². The first-order valence-corrected chi connectivity index (χ1v) is 4.79. The lowest BCUT2D eigenvalue weighted by atomic mass is 10.1. The molecule has 0 aliphatic rings. The molecular weight excluding hydrogens is 176 g/mol. The van der Waals surface area contributed by atoms with Gasteiger partial charge in [-0.2, -0.15) is 0 Å². The van der Waals surface area contributed by atoms with E-state index in [1.54, 1.807) is 0 Å². The number of rotatable bonds is 5. The predicted octanol–water partition coefficient (Wildman–Crippen LogP) is 2.37. The van der Waals surface area contributed by atoms with Gasteiger partial charge < -0.3 is 4.74 Å². The van der Waals surface area contributed by atoms with E-state index in [1.807, 2.05) is 30.6 Å². The zero-order valence-corrected chi connectivity index (χ0v) is 8.62. The molecule has 0 bridgehead atoms. The molecule has 0 aliphatic carbocycles. The number of ether oxygens (including phenoxy) is 1. The molecule has 0 aliphatic heterocycles. The third-order valence-electron chi connectivity index (χ3n) is 1.76. The lowest BCUT2D eigenvalue weighted by Gasteiger charge is -2.08. The van der Waals surface area contributed by atoms with E-state index in [4.69, 9.17) is 4.74 Å². The molecular formula is C12H15O2. The quantitative estimate of drug-likeness (QED) is 0.714. The van der Waals surface area contributed by atoms with Crippen LogP contribution in [-0.4, -0.2) is 12.9 Å². The van der Waals surface area contributed by atoms with Crippen molar-refractivity contribution in [2.45, 2.75) is 20.3 Å². The van der Waals surface area contributed by atoms with Gasteiger partial charge in [0.15, 0.2) is 0 Å². The average Bonchev–Trinajstić information content (AvgIpc) is 2.16. The van der Waals surface area contributed by atoms with Crippen molar-refractivity contribution >= 4 is 6.29 Å². The molecule has 0 fully saturated rings. The highest BCUT2D eigenvalue weighted by Crippen LogP contribution is 2.14. The van der Waals surface area contributed by atoms with Gasteiger partial charge in [-0.25, -0.2) is 0 Å². The molecule has 0 saturated carbocycles. The summed E-state index contributed by atoms with van der Waals surface area (Å²) in [7, 11) is 0. The van der Waals surface area contributed by atoms with E-state index in [1.165, 1.54) is 0 Å². The maximum Gasteiger partial charge on any atom is 0.203 e. The van der Waals surface area contributed by atoms with Gasteiger partial charge >= 0.3 is 0 Å². The van der Waals surface area contributed by atoms with Crippen LogP contribution >= 0.6 is 0 Å². The van der Waals surface area contributed by atoms with Crippen molar-refractivity contribution in [1.82, 2.24) is 0 Å². The fourth-order valence-electron chi connectivity index (χ4n) is 1.09. The molecule has 75 valence electrons. The summed E-state index contributed by atoms with van der Waals surface area (Å²) in [6, 6.07) is 7.57. The van der Waals surface area contributed by atoms with Crippen LogP contribution in [0, 0.1) is 5.92 Å². The predicted molar refractivity (Wildman–Crippen MR) is 56.2 cm³/mol. The summed E-state index contributed by atoms with van der Waals surface area (Å²) in [6.45, 7) is 4.90. The van der Waals surface area contributed by atoms with Gasteiger partial charge in [0.05, 0.1) is 6.61 Å². The molecule has 0 spiro atoms. The summed E-state index contributed by atoms with van der Waals surface area (Å²) in [5.74, 6) is 1.34. The van der Waals surface area contributed by atoms with Gasteiger partial charge in [0.1, 0.15) is 5.75 Å². The van der Waals surface area contributed by atoms with Crippen molar-refractivity contribution in [2.24, 2.45) is 5.92 Å². The molecule has 0 unspecified atom stereocenters. The third-order valence-corrected chi connectivity index (χ3v) is 1.76. The van der Waals surface area contributed by atoms with Crippen molar-refractivity contribution < 1.29 is 9.53 Å². The summed E-state index contributed by atoms with van der Waals surface area (Å²) >= 11 is 0. The van der Waals surface area contributed by atoms with E-state index in [0.717, 1.165) is 11.3 Å². The minimum Gasteiger partial charge on any atom is -0.493 e. The summed E-state index contributed by atoms with van der Waals surface area (Å²) < 4.78 is 5.52. The van der Waals surface area contributed by atoms with Crippen molar-refractivity contribution in [3.05, 3.63) is 29.8 Å². The topological polar surface area (TPSA) is 26.3 Å². The Labute approximate surface area is 84.9 Å². The Morgan fingerprint density at radius 2 is 2.21 bits per heavy atom. The van der Waals surface area contributed by atoms with Crippen molar-refractivity contribution in [2.75, 3.05) is 6.61 Å². The molecule has 0 amide bonds. The Hall–Kier alpha value is -1.31. The van der Waals surface area contributed by atoms with Crippen molar-refractivity contribution in [3.8, 4) is 5.75 Å². The molecule has 0 N–H and O–H groups in total. The van der Waals surface area contributed by atoms with E-state index in [9.17, 15) is 4.79 Å². The molecule has 1 radical (unpaired) electrons. The standard InChI is InChI=1S/C12H15O2/c1-10(2)9-14-12-5-3-4-11(8-12)6-7-13/h3-5,8,10H,6,9H2,1-2H3. The largest absolute Gasteiger partial charge is 0.493 e. The summed E-state index contributed by atoms with van der Waals surface area (Å²) in [4.78, 5) is 10.2. The fourth-order valence-corrected chi connectivity index (χ4v) is 1.09. The molecule has 2 nitrogen and oxygen atoms in total. The van der Waals surface area contributed by atoms with Crippen LogP contribution in [0.4, 0.5) is 0 Å². The molecule has 0 saturated heterocycles.